The Kier molecular flexibility index (Phi) is 7.57. The van der Waals surface area contributed by atoms with Crippen molar-refractivity contribution in [2.24, 2.45) is 16.7 Å². The summed E-state index contributed by atoms with van der Waals surface area (Å²) in [5, 5.41) is 10.0. The predicted molar refractivity (Wildman–Crippen MR) is 146 cm³/mol. The quantitative estimate of drug-likeness (QED) is 0.360. The molecule has 1 aliphatic carbocycles. The van der Waals surface area contributed by atoms with Crippen molar-refractivity contribution in [3.8, 4) is 17.0 Å². The molecule has 0 aromatic carbocycles. The molecule has 1 saturated heterocycles. The molecule has 37 heavy (non-hydrogen) atoms. The molecule has 4 rings (SSSR count). The number of aliphatic hydroxyl groups is 1. The van der Waals surface area contributed by atoms with Gasteiger partial charge in [0.2, 0.25) is 5.79 Å². The Morgan fingerprint density at radius 3 is 2.32 bits per heavy atom. The molecule has 1 aliphatic heterocycles. The summed E-state index contributed by atoms with van der Waals surface area (Å²) in [5.74, 6) is -0.636. The minimum atomic E-state index is -1.53. The van der Waals surface area contributed by atoms with Gasteiger partial charge in [0.25, 0.3) is 0 Å². The SMILES string of the molecule is Cc1ncc(-c2ccc(OCC3CC(C)(C)C3)cn2)c(N2CCC(C)(C)CC2)c1CC(=O)OC(C)(C)O. The second-order valence-electron chi connectivity index (χ2n) is 13.0. The number of aromatic nitrogens is 2. The van der Waals surface area contributed by atoms with Crippen molar-refractivity contribution < 1.29 is 19.4 Å². The monoisotopic (exact) mass is 509 g/mol. The molecule has 0 amide bonds. The van der Waals surface area contributed by atoms with E-state index in [1.165, 1.54) is 26.7 Å². The molecule has 0 spiro atoms. The van der Waals surface area contributed by atoms with Crippen LogP contribution in [0.25, 0.3) is 11.3 Å². The first-order valence-corrected chi connectivity index (χ1v) is 13.5. The number of nitrogens with zero attached hydrogens (tertiary/aromatic N) is 3. The lowest BCUT2D eigenvalue weighted by Gasteiger charge is -2.42. The van der Waals surface area contributed by atoms with Crippen LogP contribution in [0.1, 0.15) is 78.5 Å². The molecule has 7 nitrogen and oxygen atoms in total. The van der Waals surface area contributed by atoms with Gasteiger partial charge in [-0.3, -0.25) is 14.8 Å². The van der Waals surface area contributed by atoms with E-state index in [0.29, 0.717) is 11.3 Å². The topological polar surface area (TPSA) is 84.8 Å². The van der Waals surface area contributed by atoms with Gasteiger partial charge in [-0.15, -0.1) is 0 Å². The molecule has 0 bridgehead atoms. The average Bonchev–Trinajstić information content (AvgIpc) is 2.77. The van der Waals surface area contributed by atoms with Gasteiger partial charge in [-0.1, -0.05) is 27.7 Å². The molecule has 2 aromatic rings. The van der Waals surface area contributed by atoms with Crippen LogP contribution in [0.15, 0.2) is 24.5 Å². The molecule has 1 saturated carbocycles. The van der Waals surface area contributed by atoms with Crippen LogP contribution in [-0.4, -0.2) is 46.5 Å². The lowest BCUT2D eigenvalue weighted by Crippen LogP contribution is -2.38. The van der Waals surface area contributed by atoms with Crippen LogP contribution in [0.3, 0.4) is 0 Å². The summed E-state index contributed by atoms with van der Waals surface area (Å²) in [4.78, 5) is 24.5. The third kappa shape index (κ3) is 7.01. The molecular weight excluding hydrogens is 466 g/mol. The van der Waals surface area contributed by atoms with Crippen LogP contribution in [0.5, 0.6) is 5.75 Å². The molecule has 2 aromatic heterocycles. The lowest BCUT2D eigenvalue weighted by molar-refractivity contribution is -0.194. The summed E-state index contributed by atoms with van der Waals surface area (Å²) in [6, 6.07) is 3.94. The standard InChI is InChI=1S/C30H43N3O4/c1-20-23(14-26(34)37-30(6,7)35)27(33-12-10-28(2,3)11-13-33)24(18-31-20)25-9-8-22(17-32-25)36-19-21-15-29(4,5)16-21/h8-9,17-18,21,35H,10-16,19H2,1-7H3. The van der Waals surface area contributed by atoms with E-state index in [2.05, 4.69) is 37.6 Å². The number of carbonyl (C=O) groups is 1. The fraction of sp³-hybridized carbons (Fsp3) is 0.633. The molecular formula is C30H43N3O4. The highest BCUT2D eigenvalue weighted by Crippen LogP contribution is 2.45. The third-order valence-corrected chi connectivity index (χ3v) is 7.66. The van der Waals surface area contributed by atoms with Crippen LogP contribution < -0.4 is 9.64 Å². The van der Waals surface area contributed by atoms with Gasteiger partial charge in [0.15, 0.2) is 0 Å². The van der Waals surface area contributed by atoms with E-state index in [0.717, 1.165) is 66.5 Å². The number of piperidine rings is 1. The zero-order valence-corrected chi connectivity index (χ0v) is 23.6. The molecule has 0 unspecified atom stereocenters. The minimum Gasteiger partial charge on any atom is -0.492 e. The Morgan fingerprint density at radius 2 is 1.76 bits per heavy atom. The summed E-state index contributed by atoms with van der Waals surface area (Å²) in [6.45, 7) is 16.5. The van der Waals surface area contributed by atoms with Gasteiger partial charge < -0.3 is 19.5 Å². The number of ether oxygens (including phenoxy) is 2. The fourth-order valence-corrected chi connectivity index (χ4v) is 5.65. The Morgan fingerprint density at radius 1 is 1.08 bits per heavy atom. The van der Waals surface area contributed by atoms with E-state index in [1.54, 1.807) is 6.20 Å². The molecule has 1 N–H and O–H groups in total. The van der Waals surface area contributed by atoms with Crippen molar-refractivity contribution in [1.82, 2.24) is 9.97 Å². The van der Waals surface area contributed by atoms with Crippen molar-refractivity contribution in [2.75, 3.05) is 24.6 Å². The maximum absolute atomic E-state index is 12.7. The summed E-state index contributed by atoms with van der Waals surface area (Å²) < 4.78 is 11.3. The van der Waals surface area contributed by atoms with Crippen molar-refractivity contribution in [3.05, 3.63) is 35.8 Å². The smallest absolute Gasteiger partial charge is 0.312 e. The first-order valence-electron chi connectivity index (χ1n) is 13.5. The number of anilines is 1. The highest BCUT2D eigenvalue weighted by Gasteiger charge is 2.36. The number of hydrogen-bond acceptors (Lipinski definition) is 7. The van der Waals surface area contributed by atoms with E-state index >= 15 is 0 Å². The van der Waals surface area contributed by atoms with Crippen LogP contribution in [-0.2, 0) is 16.0 Å². The summed E-state index contributed by atoms with van der Waals surface area (Å²) in [7, 11) is 0. The van der Waals surface area contributed by atoms with Crippen LogP contribution in [0, 0.1) is 23.7 Å². The number of carbonyl (C=O) groups excluding carboxylic acids is 1. The molecule has 2 aliphatic rings. The number of hydrogen-bond donors (Lipinski definition) is 1. The molecule has 0 atom stereocenters. The molecule has 3 heterocycles. The summed E-state index contributed by atoms with van der Waals surface area (Å²) in [6.07, 6.45) is 8.17. The maximum atomic E-state index is 12.7. The molecule has 2 fully saturated rings. The number of aryl methyl sites for hydroxylation is 1. The second kappa shape index (κ2) is 10.2. The zero-order valence-electron chi connectivity index (χ0n) is 23.6. The Bertz CT molecular complexity index is 1100. The summed E-state index contributed by atoms with van der Waals surface area (Å²) in [5.41, 5.74) is 4.98. The average molecular weight is 510 g/mol. The van der Waals surface area contributed by atoms with E-state index in [1.807, 2.05) is 25.3 Å². The van der Waals surface area contributed by atoms with E-state index in [-0.39, 0.29) is 11.8 Å². The van der Waals surface area contributed by atoms with Crippen molar-refractivity contribution in [2.45, 2.75) is 86.4 Å². The Hall–Kier alpha value is -2.67. The third-order valence-electron chi connectivity index (χ3n) is 7.66. The molecule has 7 heteroatoms. The van der Waals surface area contributed by atoms with Crippen molar-refractivity contribution in [1.29, 1.82) is 0 Å². The number of esters is 1. The first-order chi connectivity index (χ1) is 17.2. The van der Waals surface area contributed by atoms with E-state index < -0.39 is 11.8 Å². The van der Waals surface area contributed by atoms with E-state index in [9.17, 15) is 9.90 Å². The normalized spacial score (nSPS) is 19.3. The molecule has 202 valence electrons. The van der Waals surface area contributed by atoms with E-state index in [4.69, 9.17) is 14.5 Å². The van der Waals surface area contributed by atoms with Gasteiger partial charge in [-0.05, 0) is 61.5 Å². The highest BCUT2D eigenvalue weighted by molar-refractivity contribution is 5.84. The summed E-state index contributed by atoms with van der Waals surface area (Å²) >= 11 is 0. The van der Waals surface area contributed by atoms with Gasteiger partial charge in [0, 0.05) is 50.0 Å². The van der Waals surface area contributed by atoms with Crippen molar-refractivity contribution >= 4 is 11.7 Å². The first kappa shape index (κ1) is 27.4. The maximum Gasteiger partial charge on any atom is 0.312 e. The predicted octanol–water partition coefficient (Wildman–Crippen LogP) is 5.71. The van der Waals surface area contributed by atoms with Gasteiger partial charge >= 0.3 is 5.97 Å². The second-order valence-corrected chi connectivity index (χ2v) is 13.0. The number of pyridine rings is 2. The van der Waals surface area contributed by atoms with Crippen LogP contribution in [0.4, 0.5) is 5.69 Å². The Balaban J connectivity index is 1.61. The van der Waals surface area contributed by atoms with Gasteiger partial charge in [0.1, 0.15) is 5.75 Å². The molecule has 0 radical (unpaired) electrons. The Labute approximate surface area is 221 Å². The van der Waals surface area contributed by atoms with Crippen molar-refractivity contribution in [3.63, 3.8) is 0 Å². The zero-order chi connectivity index (χ0) is 27.0. The van der Waals surface area contributed by atoms with Gasteiger partial charge in [-0.25, -0.2) is 0 Å². The minimum absolute atomic E-state index is 0.0326. The van der Waals surface area contributed by atoms with Crippen LogP contribution >= 0.6 is 0 Å². The van der Waals surface area contributed by atoms with Gasteiger partial charge in [-0.2, -0.15) is 0 Å². The highest BCUT2D eigenvalue weighted by atomic mass is 16.7. The largest absolute Gasteiger partial charge is 0.492 e. The fourth-order valence-electron chi connectivity index (χ4n) is 5.65. The number of rotatable bonds is 8. The van der Waals surface area contributed by atoms with Gasteiger partial charge in [0.05, 0.1) is 30.6 Å². The lowest BCUT2D eigenvalue weighted by atomic mass is 9.65. The van der Waals surface area contributed by atoms with Crippen LogP contribution in [0.2, 0.25) is 0 Å².